The van der Waals surface area contributed by atoms with Crippen molar-refractivity contribution in [2.75, 3.05) is 5.32 Å². The summed E-state index contributed by atoms with van der Waals surface area (Å²) in [5, 5.41) is 4.34. The van der Waals surface area contributed by atoms with Crippen LogP contribution in [0.15, 0.2) is 53.0 Å². The van der Waals surface area contributed by atoms with Crippen molar-refractivity contribution in [2.24, 2.45) is 0 Å². The molecule has 0 amide bonds. The van der Waals surface area contributed by atoms with Crippen molar-refractivity contribution in [3.63, 3.8) is 0 Å². The van der Waals surface area contributed by atoms with Gasteiger partial charge in [0.1, 0.15) is 5.56 Å². The Labute approximate surface area is 161 Å². The fraction of sp³-hybridized carbons (Fsp3) is 0.238. The Morgan fingerprint density at radius 2 is 1.85 bits per heavy atom. The van der Waals surface area contributed by atoms with Crippen LogP contribution in [0.5, 0.6) is 0 Å². The Morgan fingerprint density at radius 3 is 2.54 bits per heavy atom. The van der Waals surface area contributed by atoms with Crippen LogP contribution in [0, 0.1) is 6.92 Å². The minimum absolute atomic E-state index is 0.187. The molecule has 2 aromatic carbocycles. The molecule has 4 nitrogen and oxygen atoms in total. The molecule has 0 unspecified atom stereocenters. The summed E-state index contributed by atoms with van der Waals surface area (Å²) in [5.74, 6) is -0.353. The van der Waals surface area contributed by atoms with Crippen molar-refractivity contribution in [3.05, 3.63) is 69.8 Å². The van der Waals surface area contributed by atoms with Crippen molar-refractivity contribution in [1.82, 2.24) is 4.98 Å². The van der Waals surface area contributed by atoms with Crippen molar-refractivity contribution in [3.8, 4) is 0 Å². The third-order valence-corrected chi connectivity index (χ3v) is 4.53. The number of nitrogens with one attached hydrogen (secondary N) is 1. The Hall–Kier alpha value is -2.40. The molecule has 1 N–H and O–H groups in total. The van der Waals surface area contributed by atoms with Crippen LogP contribution in [0.25, 0.3) is 10.9 Å². The number of hydrogen-bond donors (Lipinski definition) is 1. The van der Waals surface area contributed by atoms with Crippen LogP contribution in [0.2, 0.25) is 0 Å². The molecule has 0 radical (unpaired) electrons. The Kier molecular flexibility index (Phi) is 5.57. The lowest BCUT2D eigenvalue weighted by Gasteiger charge is -2.17. The lowest BCUT2D eigenvalue weighted by molar-refractivity contribution is 0.0378. The fourth-order valence-corrected chi connectivity index (χ4v) is 3.10. The van der Waals surface area contributed by atoms with E-state index in [-0.39, 0.29) is 12.1 Å². The Balaban J connectivity index is 2.04. The van der Waals surface area contributed by atoms with Gasteiger partial charge in [0, 0.05) is 16.4 Å². The fourth-order valence-electron chi connectivity index (χ4n) is 2.83. The topological polar surface area (TPSA) is 51.2 Å². The van der Waals surface area contributed by atoms with Crippen LogP contribution in [-0.2, 0) is 11.3 Å². The number of para-hydroxylation sites is 1. The molecule has 0 fully saturated rings. The number of aryl methyl sites for hydroxylation is 1. The Morgan fingerprint density at radius 1 is 1.15 bits per heavy atom. The van der Waals surface area contributed by atoms with Gasteiger partial charge in [-0.2, -0.15) is 0 Å². The molecule has 0 aliphatic heterocycles. The second-order valence-electron chi connectivity index (χ2n) is 6.40. The summed E-state index contributed by atoms with van der Waals surface area (Å²) in [7, 11) is 0. The third-order valence-electron chi connectivity index (χ3n) is 4.00. The van der Waals surface area contributed by atoms with Crippen molar-refractivity contribution < 1.29 is 9.53 Å². The van der Waals surface area contributed by atoms with Gasteiger partial charge in [-0.25, -0.2) is 4.79 Å². The van der Waals surface area contributed by atoms with Gasteiger partial charge in [-0.3, -0.25) is 4.98 Å². The summed E-state index contributed by atoms with van der Waals surface area (Å²) in [5.41, 5.74) is 3.89. The zero-order valence-electron chi connectivity index (χ0n) is 15.0. The predicted octanol–water partition coefficient (Wildman–Crippen LogP) is 5.48. The summed E-state index contributed by atoms with van der Waals surface area (Å²) in [6.45, 7) is 6.13. The highest BCUT2D eigenvalue weighted by molar-refractivity contribution is 9.10. The number of anilines is 1. The van der Waals surface area contributed by atoms with Crippen molar-refractivity contribution in [2.45, 2.75) is 33.4 Å². The number of aromatic nitrogens is 1. The predicted molar refractivity (Wildman–Crippen MR) is 109 cm³/mol. The number of ether oxygens (including phenoxy) is 1. The zero-order chi connectivity index (χ0) is 18.7. The molecule has 1 aromatic heterocycles. The maximum absolute atomic E-state index is 12.7. The van der Waals surface area contributed by atoms with Crippen LogP contribution in [0.3, 0.4) is 0 Å². The first kappa shape index (κ1) is 18.4. The third kappa shape index (κ3) is 4.05. The summed E-state index contributed by atoms with van der Waals surface area (Å²) in [4.78, 5) is 17.3. The highest BCUT2D eigenvalue weighted by atomic mass is 79.9. The van der Waals surface area contributed by atoms with Crippen LogP contribution < -0.4 is 5.32 Å². The molecule has 3 aromatic rings. The monoisotopic (exact) mass is 412 g/mol. The molecule has 0 aliphatic rings. The summed E-state index contributed by atoms with van der Waals surface area (Å²) in [6, 6.07) is 15.9. The summed E-state index contributed by atoms with van der Waals surface area (Å²) >= 11 is 3.45. The average molecular weight is 413 g/mol. The second-order valence-corrected chi connectivity index (χ2v) is 7.31. The van der Waals surface area contributed by atoms with Gasteiger partial charge in [-0.15, -0.1) is 0 Å². The number of hydrogen-bond acceptors (Lipinski definition) is 4. The number of carbonyl (C=O) groups excluding carboxylic acids is 1. The maximum Gasteiger partial charge on any atom is 0.342 e. The van der Waals surface area contributed by atoms with Crippen LogP contribution in [0.4, 0.5) is 5.69 Å². The molecular weight excluding hydrogens is 392 g/mol. The highest BCUT2D eigenvalue weighted by Crippen LogP contribution is 2.30. The molecular formula is C21H21BrN2O2. The molecule has 0 atom stereocenters. The summed E-state index contributed by atoms with van der Waals surface area (Å²) in [6.07, 6.45) is -0.187. The normalized spacial score (nSPS) is 11.0. The molecule has 3 rings (SSSR count). The van der Waals surface area contributed by atoms with Gasteiger partial charge in [0.25, 0.3) is 0 Å². The van der Waals surface area contributed by atoms with E-state index in [2.05, 4.69) is 26.2 Å². The SMILES string of the molecule is Cc1nc2ccccc2c(NCc2ccc(Br)cc2)c1C(=O)OC(C)C. The minimum Gasteiger partial charge on any atom is -0.459 e. The van der Waals surface area contributed by atoms with E-state index in [1.807, 2.05) is 69.3 Å². The molecule has 0 saturated carbocycles. The van der Waals surface area contributed by atoms with Crippen molar-refractivity contribution >= 4 is 38.5 Å². The highest BCUT2D eigenvalue weighted by Gasteiger charge is 2.21. The largest absolute Gasteiger partial charge is 0.459 e. The first-order valence-corrected chi connectivity index (χ1v) is 9.33. The van der Waals surface area contributed by atoms with E-state index in [0.29, 0.717) is 17.8 Å². The van der Waals surface area contributed by atoms with Crippen LogP contribution in [0.1, 0.15) is 35.5 Å². The van der Waals surface area contributed by atoms with Crippen LogP contribution in [-0.4, -0.2) is 17.1 Å². The number of benzene rings is 2. The smallest absolute Gasteiger partial charge is 0.342 e. The number of fused-ring (bicyclic) bond motifs is 1. The zero-order valence-corrected chi connectivity index (χ0v) is 16.6. The van der Waals surface area contributed by atoms with Crippen LogP contribution >= 0.6 is 15.9 Å². The van der Waals surface area contributed by atoms with E-state index in [9.17, 15) is 4.79 Å². The lowest BCUT2D eigenvalue weighted by atomic mass is 10.1. The van der Waals surface area contributed by atoms with E-state index in [1.54, 1.807) is 0 Å². The molecule has 0 saturated heterocycles. The van der Waals surface area contributed by atoms with Gasteiger partial charge in [0.2, 0.25) is 0 Å². The quantitative estimate of drug-likeness (QED) is 0.563. The standard InChI is InChI=1S/C21H21BrN2O2/c1-13(2)26-21(25)19-14(3)24-18-7-5-4-6-17(18)20(19)23-12-15-8-10-16(22)11-9-15/h4-11,13H,12H2,1-3H3,(H,23,24). The minimum atomic E-state index is -0.353. The number of halogens is 1. The number of rotatable bonds is 5. The first-order valence-electron chi connectivity index (χ1n) is 8.54. The number of carbonyl (C=O) groups is 1. The number of nitrogens with zero attached hydrogens (tertiary/aromatic N) is 1. The van der Waals surface area contributed by atoms with E-state index in [1.165, 1.54) is 0 Å². The number of esters is 1. The van der Waals surface area contributed by atoms with E-state index in [0.717, 1.165) is 26.6 Å². The molecule has 5 heteroatoms. The van der Waals surface area contributed by atoms with Gasteiger partial charge in [0.15, 0.2) is 0 Å². The van der Waals surface area contributed by atoms with Gasteiger partial charge >= 0.3 is 5.97 Å². The Bertz CT molecular complexity index is 937. The summed E-state index contributed by atoms with van der Waals surface area (Å²) < 4.78 is 6.48. The van der Waals surface area contributed by atoms with Crippen molar-refractivity contribution in [1.29, 1.82) is 0 Å². The molecule has 0 bridgehead atoms. The first-order chi connectivity index (χ1) is 12.5. The molecule has 134 valence electrons. The van der Waals surface area contributed by atoms with Gasteiger partial charge < -0.3 is 10.1 Å². The van der Waals surface area contributed by atoms with E-state index < -0.39 is 0 Å². The molecule has 26 heavy (non-hydrogen) atoms. The maximum atomic E-state index is 12.7. The van der Waals surface area contributed by atoms with E-state index in [4.69, 9.17) is 4.74 Å². The molecule has 0 aliphatic carbocycles. The lowest BCUT2D eigenvalue weighted by Crippen LogP contribution is -2.16. The second kappa shape index (κ2) is 7.87. The molecule has 1 heterocycles. The van der Waals surface area contributed by atoms with Gasteiger partial charge in [0.05, 0.1) is 23.0 Å². The average Bonchev–Trinajstić information content (AvgIpc) is 2.60. The molecule has 0 spiro atoms. The van der Waals surface area contributed by atoms with Gasteiger partial charge in [-0.05, 0) is 44.5 Å². The van der Waals surface area contributed by atoms with Gasteiger partial charge in [-0.1, -0.05) is 46.3 Å². The number of pyridine rings is 1. The van der Waals surface area contributed by atoms with E-state index >= 15 is 0 Å².